The highest BCUT2D eigenvalue weighted by molar-refractivity contribution is 5.96. The van der Waals surface area contributed by atoms with Gasteiger partial charge in [-0.1, -0.05) is 26.7 Å². The topological polar surface area (TPSA) is 81.7 Å². The van der Waals surface area contributed by atoms with Gasteiger partial charge in [0.1, 0.15) is 11.8 Å². The predicted octanol–water partition coefficient (Wildman–Crippen LogP) is 3.20. The van der Waals surface area contributed by atoms with Gasteiger partial charge in [0.25, 0.3) is 0 Å². The smallest absolute Gasteiger partial charge is 0.172 e. The number of fused-ring (bicyclic) bond motifs is 3. The first-order valence-electron chi connectivity index (χ1n) is 8.74. The average Bonchev–Trinajstić information content (AvgIpc) is 2.58. The van der Waals surface area contributed by atoms with Crippen molar-refractivity contribution in [3.8, 4) is 24.5 Å². The maximum Gasteiger partial charge on any atom is 0.172 e. The molecule has 4 heteroatoms. The minimum absolute atomic E-state index is 0.0108. The second kappa shape index (κ2) is 5.31. The standard InChI is InChI=1S/C21H22N2O2/c1-5-21-7-6-16-19(2,3)18(25)14(12-23)9-20(16,4)17(21)8-15(24)13(10-21)11-22/h1,8,13-14,16H,6-7,9-10H2,2-4H3. The third-order valence-corrected chi connectivity index (χ3v) is 6.98. The normalized spacial score (nSPS) is 42.1. The van der Waals surface area contributed by atoms with Crippen LogP contribution in [-0.2, 0) is 9.59 Å². The van der Waals surface area contributed by atoms with Gasteiger partial charge in [-0.25, -0.2) is 0 Å². The van der Waals surface area contributed by atoms with E-state index in [4.69, 9.17) is 6.42 Å². The van der Waals surface area contributed by atoms with Gasteiger partial charge in [0.05, 0.1) is 17.6 Å². The van der Waals surface area contributed by atoms with E-state index in [-0.39, 0.29) is 17.5 Å². The van der Waals surface area contributed by atoms with Crippen LogP contribution >= 0.6 is 0 Å². The molecule has 4 nitrogen and oxygen atoms in total. The highest BCUT2D eigenvalue weighted by Gasteiger charge is 2.62. The van der Waals surface area contributed by atoms with E-state index in [2.05, 4.69) is 18.1 Å². The molecule has 0 aromatic rings. The molecule has 128 valence electrons. The number of hydrogen-bond donors (Lipinski definition) is 0. The summed E-state index contributed by atoms with van der Waals surface area (Å²) in [7, 11) is 0. The van der Waals surface area contributed by atoms with E-state index in [9.17, 15) is 20.1 Å². The highest BCUT2D eigenvalue weighted by atomic mass is 16.1. The third kappa shape index (κ3) is 2.12. The summed E-state index contributed by atoms with van der Waals surface area (Å²) in [5.41, 5.74) is -0.852. The van der Waals surface area contributed by atoms with Crippen LogP contribution in [0.3, 0.4) is 0 Å². The summed E-state index contributed by atoms with van der Waals surface area (Å²) in [6, 6.07) is 4.24. The summed E-state index contributed by atoms with van der Waals surface area (Å²) in [6.07, 6.45) is 9.67. The van der Waals surface area contributed by atoms with Crippen LogP contribution in [-0.4, -0.2) is 11.6 Å². The fourth-order valence-corrected chi connectivity index (χ4v) is 5.75. The van der Waals surface area contributed by atoms with E-state index in [1.54, 1.807) is 6.08 Å². The lowest BCUT2D eigenvalue weighted by molar-refractivity contribution is -0.145. The molecule has 3 aliphatic rings. The Morgan fingerprint density at radius 2 is 1.76 bits per heavy atom. The summed E-state index contributed by atoms with van der Waals surface area (Å²) in [5, 5.41) is 18.8. The van der Waals surface area contributed by atoms with Crippen molar-refractivity contribution in [1.29, 1.82) is 10.5 Å². The quantitative estimate of drug-likeness (QED) is 0.637. The summed E-state index contributed by atoms with van der Waals surface area (Å²) < 4.78 is 0. The van der Waals surface area contributed by atoms with Crippen LogP contribution < -0.4 is 0 Å². The first-order valence-corrected chi connectivity index (χ1v) is 8.74. The van der Waals surface area contributed by atoms with Crippen LogP contribution in [0.25, 0.3) is 0 Å². The number of ketones is 2. The lowest BCUT2D eigenvalue weighted by atomic mass is 9.42. The Kier molecular flexibility index (Phi) is 3.70. The van der Waals surface area contributed by atoms with Crippen molar-refractivity contribution in [2.45, 2.75) is 46.5 Å². The predicted molar refractivity (Wildman–Crippen MR) is 91.4 cm³/mol. The second-order valence-electron chi connectivity index (χ2n) is 8.55. The molecule has 0 spiro atoms. The van der Waals surface area contributed by atoms with Crippen molar-refractivity contribution in [3.63, 3.8) is 0 Å². The molecule has 0 amide bonds. The molecule has 5 unspecified atom stereocenters. The molecule has 2 fully saturated rings. The first-order chi connectivity index (χ1) is 11.7. The molecule has 0 saturated heterocycles. The van der Waals surface area contributed by atoms with E-state index in [0.717, 1.165) is 12.0 Å². The molecule has 0 heterocycles. The molecule has 3 rings (SSSR count). The molecule has 0 radical (unpaired) electrons. The Morgan fingerprint density at radius 1 is 1.12 bits per heavy atom. The largest absolute Gasteiger partial charge is 0.298 e. The van der Waals surface area contributed by atoms with Crippen LogP contribution in [0.15, 0.2) is 11.6 Å². The molecule has 0 aromatic heterocycles. The molecule has 3 aliphatic carbocycles. The number of carbonyl (C=O) groups is 2. The number of carbonyl (C=O) groups excluding carboxylic acids is 2. The zero-order valence-corrected chi connectivity index (χ0v) is 14.9. The number of nitriles is 2. The maximum atomic E-state index is 12.8. The fraction of sp³-hybridized carbons (Fsp3) is 0.619. The first kappa shape index (κ1) is 17.4. The van der Waals surface area contributed by atoms with Crippen molar-refractivity contribution in [3.05, 3.63) is 11.6 Å². The molecular weight excluding hydrogens is 312 g/mol. The summed E-state index contributed by atoms with van der Waals surface area (Å²) >= 11 is 0. The number of terminal acetylenes is 1. The van der Waals surface area contributed by atoms with Crippen molar-refractivity contribution in [2.75, 3.05) is 0 Å². The molecule has 0 aromatic carbocycles. The Morgan fingerprint density at radius 3 is 2.32 bits per heavy atom. The second-order valence-corrected chi connectivity index (χ2v) is 8.55. The van der Waals surface area contributed by atoms with E-state index in [1.165, 1.54) is 0 Å². The Hall–Kier alpha value is -2.38. The Labute approximate surface area is 148 Å². The van der Waals surface area contributed by atoms with Crippen molar-refractivity contribution in [2.24, 2.45) is 34.0 Å². The SMILES string of the molecule is C#CC12CCC3C(C)(C)C(=O)C(C#N)CC3(C)C1=CC(=O)C(C#N)C2. The Balaban J connectivity index is 2.20. The average molecular weight is 334 g/mol. The summed E-state index contributed by atoms with van der Waals surface area (Å²) in [4.78, 5) is 25.2. The Bertz CT molecular complexity index is 816. The van der Waals surface area contributed by atoms with Gasteiger partial charge in [-0.15, -0.1) is 6.42 Å². The maximum absolute atomic E-state index is 12.8. The van der Waals surface area contributed by atoms with Gasteiger partial charge >= 0.3 is 0 Å². The van der Waals surface area contributed by atoms with Gasteiger partial charge in [0.15, 0.2) is 11.6 Å². The number of hydrogen-bond acceptors (Lipinski definition) is 4. The van der Waals surface area contributed by atoms with Gasteiger partial charge in [0, 0.05) is 5.41 Å². The number of Topliss-reactive ketones (excluding diaryl/α,β-unsaturated/α-hetero) is 1. The van der Waals surface area contributed by atoms with Crippen LogP contribution in [0.1, 0.15) is 46.5 Å². The highest BCUT2D eigenvalue weighted by Crippen LogP contribution is 2.66. The van der Waals surface area contributed by atoms with E-state index < -0.39 is 28.1 Å². The zero-order chi connectivity index (χ0) is 18.6. The van der Waals surface area contributed by atoms with Crippen LogP contribution in [0.2, 0.25) is 0 Å². The fourth-order valence-electron chi connectivity index (χ4n) is 5.75. The monoisotopic (exact) mass is 334 g/mol. The van der Waals surface area contributed by atoms with Gasteiger partial charge in [0.2, 0.25) is 0 Å². The number of nitrogens with zero attached hydrogens (tertiary/aromatic N) is 2. The minimum Gasteiger partial charge on any atom is -0.298 e. The van der Waals surface area contributed by atoms with Crippen molar-refractivity contribution < 1.29 is 9.59 Å². The van der Waals surface area contributed by atoms with E-state index >= 15 is 0 Å². The minimum atomic E-state index is -0.704. The van der Waals surface area contributed by atoms with E-state index in [1.807, 2.05) is 20.8 Å². The van der Waals surface area contributed by atoms with Gasteiger partial charge in [-0.2, -0.15) is 10.5 Å². The lowest BCUT2D eigenvalue weighted by Crippen LogP contribution is -2.57. The third-order valence-electron chi connectivity index (χ3n) is 6.98. The lowest BCUT2D eigenvalue weighted by Gasteiger charge is -2.60. The van der Waals surface area contributed by atoms with Gasteiger partial charge in [-0.05, 0) is 48.7 Å². The van der Waals surface area contributed by atoms with Crippen molar-refractivity contribution >= 4 is 11.6 Å². The molecule has 25 heavy (non-hydrogen) atoms. The summed E-state index contributed by atoms with van der Waals surface area (Å²) in [5.74, 6) is 1.33. The molecule has 5 atom stereocenters. The number of allylic oxidation sites excluding steroid dienone is 2. The van der Waals surface area contributed by atoms with Gasteiger partial charge in [-0.3, -0.25) is 9.59 Å². The van der Waals surface area contributed by atoms with Crippen molar-refractivity contribution in [1.82, 2.24) is 0 Å². The van der Waals surface area contributed by atoms with Crippen LogP contribution in [0, 0.1) is 69.0 Å². The van der Waals surface area contributed by atoms with Crippen LogP contribution in [0.4, 0.5) is 0 Å². The zero-order valence-electron chi connectivity index (χ0n) is 14.9. The molecule has 0 bridgehead atoms. The molecule has 2 saturated carbocycles. The number of rotatable bonds is 0. The summed E-state index contributed by atoms with van der Waals surface area (Å²) in [6.45, 7) is 5.87. The molecular formula is C21H22N2O2. The molecule has 0 aliphatic heterocycles. The van der Waals surface area contributed by atoms with Crippen LogP contribution in [0.5, 0.6) is 0 Å². The van der Waals surface area contributed by atoms with E-state index in [0.29, 0.717) is 19.3 Å². The molecule has 0 N–H and O–H groups in total. The van der Waals surface area contributed by atoms with Gasteiger partial charge < -0.3 is 0 Å².